The number of ether oxygens (including phenoxy) is 1. The number of hydrogen-bond acceptors (Lipinski definition) is 3. The van der Waals surface area contributed by atoms with E-state index in [2.05, 4.69) is 31.0 Å². The van der Waals surface area contributed by atoms with Gasteiger partial charge in [0, 0.05) is 32.3 Å². The highest BCUT2D eigenvalue weighted by Crippen LogP contribution is 2.28. The lowest BCUT2D eigenvalue weighted by Gasteiger charge is -2.32. The van der Waals surface area contributed by atoms with E-state index in [4.69, 9.17) is 4.74 Å². The smallest absolute Gasteiger partial charge is 0.0637 e. The van der Waals surface area contributed by atoms with Gasteiger partial charge >= 0.3 is 0 Å². The second kappa shape index (κ2) is 5.25. The van der Waals surface area contributed by atoms with Crippen LogP contribution in [0.5, 0.6) is 0 Å². The van der Waals surface area contributed by atoms with E-state index in [9.17, 15) is 0 Å². The van der Waals surface area contributed by atoms with Crippen LogP contribution in [-0.4, -0.2) is 49.3 Å². The van der Waals surface area contributed by atoms with Crippen LogP contribution in [0.15, 0.2) is 0 Å². The van der Waals surface area contributed by atoms with Crippen molar-refractivity contribution in [1.82, 2.24) is 10.2 Å². The summed E-state index contributed by atoms with van der Waals surface area (Å²) in [5, 5.41) is 3.67. The fourth-order valence-electron chi connectivity index (χ4n) is 3.36. The standard InChI is InChI=1S/C14H28N2O/c1-11(8-14(2,3)17-4)16-9-12-6-5-7-15-13(12)10-16/h11-13,15H,5-10H2,1-4H3/t11?,12-,13+/m0/s1. The monoisotopic (exact) mass is 240 g/mol. The van der Waals surface area contributed by atoms with E-state index < -0.39 is 0 Å². The Kier molecular flexibility index (Phi) is 4.11. The summed E-state index contributed by atoms with van der Waals surface area (Å²) in [5.41, 5.74) is 0.000603. The van der Waals surface area contributed by atoms with Crippen molar-refractivity contribution in [3.8, 4) is 0 Å². The molecule has 3 atom stereocenters. The van der Waals surface area contributed by atoms with Crippen molar-refractivity contribution in [2.45, 2.75) is 57.7 Å². The molecule has 1 N–H and O–H groups in total. The van der Waals surface area contributed by atoms with E-state index in [1.165, 1.54) is 32.5 Å². The normalized spacial score (nSPS) is 32.5. The van der Waals surface area contributed by atoms with Crippen LogP contribution >= 0.6 is 0 Å². The molecule has 2 aliphatic rings. The predicted molar refractivity (Wildman–Crippen MR) is 71.3 cm³/mol. The van der Waals surface area contributed by atoms with Crippen LogP contribution in [0, 0.1) is 5.92 Å². The molecule has 3 nitrogen and oxygen atoms in total. The highest BCUT2D eigenvalue weighted by Gasteiger charge is 2.37. The van der Waals surface area contributed by atoms with Crippen molar-refractivity contribution in [1.29, 1.82) is 0 Å². The molecule has 0 aromatic carbocycles. The predicted octanol–water partition coefficient (Wildman–Crippen LogP) is 1.87. The number of nitrogens with one attached hydrogen (secondary N) is 1. The van der Waals surface area contributed by atoms with Gasteiger partial charge in [0.2, 0.25) is 0 Å². The first-order valence-corrected chi connectivity index (χ1v) is 7.04. The number of fused-ring (bicyclic) bond motifs is 1. The van der Waals surface area contributed by atoms with Crippen LogP contribution < -0.4 is 5.32 Å². The zero-order valence-electron chi connectivity index (χ0n) is 11.8. The molecule has 2 rings (SSSR count). The molecule has 100 valence electrons. The van der Waals surface area contributed by atoms with Gasteiger partial charge in [-0.15, -0.1) is 0 Å². The summed E-state index contributed by atoms with van der Waals surface area (Å²) in [7, 11) is 1.82. The van der Waals surface area contributed by atoms with Crippen LogP contribution in [0.1, 0.15) is 40.0 Å². The van der Waals surface area contributed by atoms with Crippen molar-refractivity contribution in [3.63, 3.8) is 0 Å². The zero-order valence-corrected chi connectivity index (χ0v) is 11.8. The molecule has 1 unspecified atom stereocenters. The molecule has 0 bridgehead atoms. The minimum absolute atomic E-state index is 0.000603. The summed E-state index contributed by atoms with van der Waals surface area (Å²) in [6.07, 6.45) is 3.88. The molecule has 2 saturated heterocycles. The Labute approximate surface area is 106 Å². The van der Waals surface area contributed by atoms with Crippen LogP contribution in [0.2, 0.25) is 0 Å². The van der Waals surface area contributed by atoms with Crippen LogP contribution in [-0.2, 0) is 4.74 Å². The van der Waals surface area contributed by atoms with E-state index in [-0.39, 0.29) is 5.60 Å². The Morgan fingerprint density at radius 3 is 2.82 bits per heavy atom. The van der Waals surface area contributed by atoms with Gasteiger partial charge in [0.05, 0.1) is 5.60 Å². The third-order valence-corrected chi connectivity index (χ3v) is 4.59. The molecule has 0 amide bonds. The maximum absolute atomic E-state index is 5.54. The van der Waals surface area contributed by atoms with Gasteiger partial charge in [-0.05, 0) is 52.5 Å². The van der Waals surface area contributed by atoms with E-state index in [0.717, 1.165) is 18.4 Å². The summed E-state index contributed by atoms with van der Waals surface area (Å²) < 4.78 is 5.54. The summed E-state index contributed by atoms with van der Waals surface area (Å²) in [5.74, 6) is 0.886. The van der Waals surface area contributed by atoms with Crippen molar-refractivity contribution in [2.75, 3.05) is 26.7 Å². The molecule has 0 aromatic rings. The van der Waals surface area contributed by atoms with Gasteiger partial charge in [-0.3, -0.25) is 4.90 Å². The number of hydrogen-bond donors (Lipinski definition) is 1. The molecular weight excluding hydrogens is 212 g/mol. The van der Waals surface area contributed by atoms with Crippen LogP contribution in [0.4, 0.5) is 0 Å². The molecule has 0 aromatic heterocycles. The number of likely N-dealkylation sites (tertiary alicyclic amines) is 1. The van der Waals surface area contributed by atoms with Gasteiger partial charge in [0.25, 0.3) is 0 Å². The van der Waals surface area contributed by atoms with E-state index >= 15 is 0 Å². The average Bonchev–Trinajstić information content (AvgIpc) is 2.72. The average molecular weight is 240 g/mol. The molecule has 17 heavy (non-hydrogen) atoms. The molecule has 0 radical (unpaired) electrons. The quantitative estimate of drug-likeness (QED) is 0.812. The Morgan fingerprint density at radius 2 is 2.18 bits per heavy atom. The van der Waals surface area contributed by atoms with Gasteiger partial charge in [0.1, 0.15) is 0 Å². The molecule has 0 spiro atoms. The van der Waals surface area contributed by atoms with Crippen molar-refractivity contribution < 1.29 is 4.74 Å². The molecule has 0 aliphatic carbocycles. The SMILES string of the molecule is COC(C)(C)CC(C)N1C[C@@H]2CCCN[C@@H]2C1. The highest BCUT2D eigenvalue weighted by atomic mass is 16.5. The van der Waals surface area contributed by atoms with Gasteiger partial charge in [-0.1, -0.05) is 0 Å². The first-order chi connectivity index (χ1) is 8.02. The Bertz CT molecular complexity index is 241. The van der Waals surface area contributed by atoms with Crippen LogP contribution in [0.3, 0.4) is 0 Å². The van der Waals surface area contributed by atoms with Crippen molar-refractivity contribution in [3.05, 3.63) is 0 Å². The molecule has 0 saturated carbocycles. The first kappa shape index (κ1) is 13.3. The summed E-state index contributed by atoms with van der Waals surface area (Å²) in [6.45, 7) is 10.4. The van der Waals surface area contributed by atoms with Gasteiger partial charge < -0.3 is 10.1 Å². The summed E-state index contributed by atoms with van der Waals surface area (Å²) >= 11 is 0. The third kappa shape index (κ3) is 3.21. The fourth-order valence-corrected chi connectivity index (χ4v) is 3.36. The topological polar surface area (TPSA) is 24.5 Å². The number of rotatable bonds is 4. The minimum Gasteiger partial charge on any atom is -0.379 e. The molecule has 3 heteroatoms. The maximum atomic E-state index is 5.54. The Hall–Kier alpha value is -0.120. The van der Waals surface area contributed by atoms with Crippen molar-refractivity contribution in [2.24, 2.45) is 5.92 Å². The first-order valence-electron chi connectivity index (χ1n) is 7.04. The minimum atomic E-state index is 0.000603. The van der Waals surface area contributed by atoms with E-state index in [0.29, 0.717) is 6.04 Å². The maximum Gasteiger partial charge on any atom is 0.0637 e. The molecule has 2 aliphatic heterocycles. The highest BCUT2D eigenvalue weighted by molar-refractivity contribution is 4.94. The third-order valence-electron chi connectivity index (χ3n) is 4.59. The number of piperidine rings is 1. The molecular formula is C14H28N2O. The summed E-state index contributed by atoms with van der Waals surface area (Å²) in [6, 6.07) is 1.37. The fraction of sp³-hybridized carbons (Fsp3) is 1.00. The lowest BCUT2D eigenvalue weighted by Crippen LogP contribution is -2.42. The van der Waals surface area contributed by atoms with Gasteiger partial charge in [-0.2, -0.15) is 0 Å². The molecule has 2 fully saturated rings. The Balaban J connectivity index is 1.87. The largest absolute Gasteiger partial charge is 0.379 e. The van der Waals surface area contributed by atoms with E-state index in [1.54, 1.807) is 0 Å². The van der Waals surface area contributed by atoms with Crippen molar-refractivity contribution >= 4 is 0 Å². The van der Waals surface area contributed by atoms with Crippen LogP contribution in [0.25, 0.3) is 0 Å². The summed E-state index contributed by atoms with van der Waals surface area (Å²) in [4.78, 5) is 2.65. The second-order valence-electron chi connectivity index (χ2n) is 6.43. The second-order valence-corrected chi connectivity index (χ2v) is 6.43. The number of nitrogens with zero attached hydrogens (tertiary/aromatic N) is 1. The Morgan fingerprint density at radius 1 is 1.41 bits per heavy atom. The van der Waals surface area contributed by atoms with Gasteiger partial charge in [0.15, 0.2) is 0 Å². The lowest BCUT2D eigenvalue weighted by molar-refractivity contribution is -0.00388. The zero-order chi connectivity index (χ0) is 12.5. The number of methoxy groups -OCH3 is 1. The molecule has 2 heterocycles. The lowest BCUT2D eigenvalue weighted by atomic mass is 9.94. The van der Waals surface area contributed by atoms with Gasteiger partial charge in [-0.25, -0.2) is 0 Å². The van der Waals surface area contributed by atoms with E-state index in [1.807, 2.05) is 7.11 Å².